The van der Waals surface area contributed by atoms with Gasteiger partial charge in [0.2, 0.25) is 11.2 Å². The average molecular weight is 666 g/mol. The first kappa shape index (κ1) is 36.3. The molecule has 7 nitrogen and oxygen atoms in total. The number of ether oxygens (including phenoxy) is 3. The Labute approximate surface area is 278 Å². The average Bonchev–Trinajstić information content (AvgIpc) is 3.02. The van der Waals surface area contributed by atoms with Crippen LogP contribution >= 0.6 is 0 Å². The third kappa shape index (κ3) is 9.50. The molecule has 0 fully saturated rings. The van der Waals surface area contributed by atoms with Gasteiger partial charge in [0.15, 0.2) is 0 Å². The lowest BCUT2D eigenvalue weighted by molar-refractivity contribution is -0.154. The number of rotatable bonds is 14. The van der Waals surface area contributed by atoms with E-state index < -0.39 is 29.1 Å². The van der Waals surface area contributed by atoms with Crippen LogP contribution in [0.2, 0.25) is 0 Å². The number of esters is 1. The van der Waals surface area contributed by atoms with E-state index in [9.17, 15) is 22.8 Å². The van der Waals surface area contributed by atoms with E-state index in [0.717, 1.165) is 18.4 Å². The lowest BCUT2D eigenvalue weighted by Gasteiger charge is -2.27. The zero-order valence-electron chi connectivity index (χ0n) is 28.1. The fourth-order valence-corrected chi connectivity index (χ4v) is 5.42. The molecular formula is C38H42F3NO6. The van der Waals surface area contributed by atoms with E-state index in [4.69, 9.17) is 18.6 Å². The zero-order chi connectivity index (χ0) is 35.0. The van der Waals surface area contributed by atoms with Crippen molar-refractivity contribution in [2.24, 2.45) is 11.8 Å². The van der Waals surface area contributed by atoms with E-state index in [-0.39, 0.29) is 46.4 Å². The van der Waals surface area contributed by atoms with Crippen molar-refractivity contribution in [1.82, 2.24) is 4.90 Å². The highest BCUT2D eigenvalue weighted by molar-refractivity contribution is 5.90. The molecule has 0 unspecified atom stereocenters. The zero-order valence-corrected chi connectivity index (χ0v) is 28.1. The van der Waals surface area contributed by atoms with Crippen LogP contribution in [0.5, 0.6) is 23.0 Å². The number of carbonyl (C=O) groups excluding carboxylic acids is 1. The molecule has 1 heterocycles. The predicted octanol–water partition coefficient (Wildman–Crippen LogP) is 9.30. The molecule has 0 aliphatic carbocycles. The minimum absolute atomic E-state index is 0.0131. The van der Waals surface area contributed by atoms with Crippen LogP contribution in [0.1, 0.15) is 63.5 Å². The standard InChI is InChI=1S/C38H42F3NO6/c1-7-8-26-11-16-29(17-12-26)46-36-34(44)30-18-19-32(47-33(43)20-13-27-9-14-28(45-6)15-10-27)31(35(30)48-37(36)38(39,40)41)23-42(21-24(2)3)22-25(4)5/h9-20,24-25H,7-8,21-23H2,1-6H3. The summed E-state index contributed by atoms with van der Waals surface area (Å²) in [5, 5.41) is -0.127. The van der Waals surface area contributed by atoms with Crippen LogP contribution in [0.15, 0.2) is 76.0 Å². The largest absolute Gasteiger partial charge is 0.497 e. The maximum absolute atomic E-state index is 14.6. The van der Waals surface area contributed by atoms with Gasteiger partial charge in [0.1, 0.15) is 22.8 Å². The summed E-state index contributed by atoms with van der Waals surface area (Å²) < 4.78 is 65.7. The number of aryl methyl sites for hydroxylation is 1. The Morgan fingerprint density at radius 3 is 2.10 bits per heavy atom. The summed E-state index contributed by atoms with van der Waals surface area (Å²) >= 11 is 0. The summed E-state index contributed by atoms with van der Waals surface area (Å²) in [6.07, 6.45) is -0.602. The van der Waals surface area contributed by atoms with Crippen LogP contribution in [0, 0.1) is 11.8 Å². The molecule has 0 bridgehead atoms. The Hall–Kier alpha value is -4.57. The van der Waals surface area contributed by atoms with E-state index in [2.05, 4.69) is 0 Å². The number of alkyl halides is 3. The number of nitrogens with zero attached hydrogens (tertiary/aromatic N) is 1. The number of hydrogen-bond acceptors (Lipinski definition) is 7. The highest BCUT2D eigenvalue weighted by Gasteiger charge is 2.41. The van der Waals surface area contributed by atoms with E-state index in [1.54, 1.807) is 49.6 Å². The molecule has 1 aromatic heterocycles. The summed E-state index contributed by atoms with van der Waals surface area (Å²) in [6, 6.07) is 16.2. The maximum atomic E-state index is 14.6. The number of halogens is 3. The van der Waals surface area contributed by atoms with Crippen molar-refractivity contribution >= 4 is 23.0 Å². The van der Waals surface area contributed by atoms with Crippen LogP contribution < -0.4 is 19.6 Å². The van der Waals surface area contributed by atoms with Gasteiger partial charge in [0.25, 0.3) is 5.76 Å². The van der Waals surface area contributed by atoms with Gasteiger partial charge in [-0.1, -0.05) is 65.3 Å². The molecule has 256 valence electrons. The molecule has 0 N–H and O–H groups in total. The van der Waals surface area contributed by atoms with Gasteiger partial charge in [0.05, 0.1) is 18.1 Å². The van der Waals surface area contributed by atoms with Crippen molar-refractivity contribution in [2.75, 3.05) is 20.2 Å². The number of fused-ring (bicyclic) bond motifs is 1. The lowest BCUT2D eigenvalue weighted by Crippen LogP contribution is -2.31. The van der Waals surface area contributed by atoms with E-state index in [1.807, 2.05) is 39.5 Å². The SMILES string of the molecule is CCCc1ccc(Oc2c(C(F)(F)F)oc3c(CN(CC(C)C)CC(C)C)c(OC(=O)C=Cc4ccc(OC)cc4)ccc3c2=O)cc1. The van der Waals surface area contributed by atoms with Crippen LogP contribution in [-0.4, -0.2) is 31.1 Å². The summed E-state index contributed by atoms with van der Waals surface area (Å²) in [7, 11) is 1.55. The molecule has 4 rings (SSSR count). The van der Waals surface area contributed by atoms with Crippen LogP contribution in [0.3, 0.4) is 0 Å². The Bertz CT molecular complexity index is 1760. The molecule has 0 aliphatic rings. The molecule has 0 spiro atoms. The Morgan fingerprint density at radius 1 is 0.917 bits per heavy atom. The Kier molecular flexibility index (Phi) is 12.1. The summed E-state index contributed by atoms with van der Waals surface area (Å²) in [6.45, 7) is 11.4. The summed E-state index contributed by atoms with van der Waals surface area (Å²) in [5.41, 5.74) is 0.543. The third-order valence-corrected chi connectivity index (χ3v) is 7.38. The molecule has 0 atom stereocenters. The number of methoxy groups -OCH3 is 1. The second-order valence-electron chi connectivity index (χ2n) is 12.5. The van der Waals surface area contributed by atoms with E-state index in [1.165, 1.54) is 30.3 Å². The van der Waals surface area contributed by atoms with Crippen LogP contribution in [-0.2, 0) is 23.9 Å². The molecule has 0 radical (unpaired) electrons. The van der Waals surface area contributed by atoms with Crippen LogP contribution in [0.4, 0.5) is 13.2 Å². The van der Waals surface area contributed by atoms with Gasteiger partial charge in [-0.2, -0.15) is 13.2 Å². The Morgan fingerprint density at radius 2 is 1.54 bits per heavy atom. The second kappa shape index (κ2) is 16.0. The molecule has 0 saturated heterocycles. The molecule has 0 aliphatic heterocycles. The minimum Gasteiger partial charge on any atom is -0.497 e. The number of hydrogen-bond donors (Lipinski definition) is 0. The molecule has 10 heteroatoms. The summed E-state index contributed by atoms with van der Waals surface area (Å²) in [4.78, 5) is 28.8. The predicted molar refractivity (Wildman–Crippen MR) is 181 cm³/mol. The highest BCUT2D eigenvalue weighted by Crippen LogP contribution is 2.40. The van der Waals surface area contributed by atoms with Crippen LogP contribution in [0.25, 0.3) is 17.0 Å². The normalized spacial score (nSPS) is 12.1. The first-order valence-corrected chi connectivity index (χ1v) is 16.0. The molecule has 0 amide bonds. The van der Waals surface area contributed by atoms with Crippen molar-refractivity contribution in [3.8, 4) is 23.0 Å². The first-order chi connectivity index (χ1) is 22.8. The van der Waals surface area contributed by atoms with Gasteiger partial charge in [0, 0.05) is 25.7 Å². The molecule has 0 saturated carbocycles. The number of carbonyl (C=O) groups is 1. The molecular weight excluding hydrogens is 623 g/mol. The van der Waals surface area contributed by atoms with Crippen molar-refractivity contribution in [3.05, 3.63) is 99.4 Å². The molecule has 3 aromatic carbocycles. The smallest absolute Gasteiger partial charge is 0.453 e. The fourth-order valence-electron chi connectivity index (χ4n) is 5.42. The van der Waals surface area contributed by atoms with Gasteiger partial charge in [-0.15, -0.1) is 0 Å². The van der Waals surface area contributed by atoms with Gasteiger partial charge in [-0.05, 0) is 71.9 Å². The van der Waals surface area contributed by atoms with E-state index >= 15 is 0 Å². The molecule has 4 aromatic rings. The monoisotopic (exact) mass is 665 g/mol. The first-order valence-electron chi connectivity index (χ1n) is 16.0. The lowest BCUT2D eigenvalue weighted by atomic mass is 10.1. The highest BCUT2D eigenvalue weighted by atomic mass is 19.4. The van der Waals surface area contributed by atoms with Crippen molar-refractivity contribution in [3.63, 3.8) is 0 Å². The molecule has 48 heavy (non-hydrogen) atoms. The van der Waals surface area contributed by atoms with Crippen molar-refractivity contribution < 1.29 is 36.6 Å². The van der Waals surface area contributed by atoms with Gasteiger partial charge < -0.3 is 18.6 Å². The van der Waals surface area contributed by atoms with Crippen molar-refractivity contribution in [1.29, 1.82) is 0 Å². The van der Waals surface area contributed by atoms with Gasteiger partial charge in [-0.25, -0.2) is 4.79 Å². The topological polar surface area (TPSA) is 78.2 Å². The quantitative estimate of drug-likeness (QED) is 0.0755. The summed E-state index contributed by atoms with van der Waals surface area (Å²) in [5.74, 6) is -2.13. The second-order valence-corrected chi connectivity index (χ2v) is 12.5. The third-order valence-electron chi connectivity index (χ3n) is 7.38. The maximum Gasteiger partial charge on any atom is 0.453 e. The van der Waals surface area contributed by atoms with Crippen molar-refractivity contribution in [2.45, 2.75) is 60.2 Å². The van der Waals surface area contributed by atoms with E-state index in [0.29, 0.717) is 24.4 Å². The fraction of sp³-hybridized carbons (Fsp3) is 0.368. The van der Waals surface area contributed by atoms with Gasteiger partial charge >= 0.3 is 12.1 Å². The van der Waals surface area contributed by atoms with Gasteiger partial charge in [-0.3, -0.25) is 9.69 Å². The minimum atomic E-state index is -5.06. The Balaban J connectivity index is 1.83. The number of benzene rings is 3.